The smallest absolute Gasteiger partial charge is 0.231 e. The van der Waals surface area contributed by atoms with Crippen LogP contribution in [0.3, 0.4) is 0 Å². The fourth-order valence-corrected chi connectivity index (χ4v) is 5.35. The molecular formula is C19H22N2OS. The number of carbonyl (C=O) groups is 1. The maximum atomic E-state index is 12.7. The van der Waals surface area contributed by atoms with Gasteiger partial charge >= 0.3 is 0 Å². The van der Waals surface area contributed by atoms with Crippen molar-refractivity contribution in [2.24, 2.45) is 5.92 Å². The molecule has 1 aromatic carbocycles. The standard InChI is InChI=1S/C19H22N2OS/c1-12(11-13-7-3-2-4-8-13)17-20-18(22)16-14-9-5-6-10-15(14)23-19(16)21-17/h2-4,7-8,11,16-17,19,21H,5-6,9-10H2,1H3,(H,20,22)/b12-11+. The number of carbonyl (C=O) groups excluding carboxylic acids is 1. The maximum absolute atomic E-state index is 12.7. The minimum absolute atomic E-state index is 0.0380. The summed E-state index contributed by atoms with van der Waals surface area (Å²) in [4.78, 5) is 14.1. The molecule has 1 aliphatic carbocycles. The predicted molar refractivity (Wildman–Crippen MR) is 95.5 cm³/mol. The molecule has 0 bridgehead atoms. The van der Waals surface area contributed by atoms with Gasteiger partial charge in [0, 0.05) is 0 Å². The largest absolute Gasteiger partial charge is 0.336 e. The Balaban J connectivity index is 1.53. The predicted octanol–water partition coefficient (Wildman–Crippen LogP) is 3.65. The first kappa shape index (κ1) is 15.0. The van der Waals surface area contributed by atoms with Crippen LogP contribution in [0.5, 0.6) is 0 Å². The average molecular weight is 326 g/mol. The van der Waals surface area contributed by atoms with Crippen molar-refractivity contribution in [2.75, 3.05) is 0 Å². The highest BCUT2D eigenvalue weighted by Gasteiger charge is 2.45. The zero-order chi connectivity index (χ0) is 15.8. The Morgan fingerprint density at radius 2 is 2.00 bits per heavy atom. The number of benzene rings is 1. The van der Waals surface area contributed by atoms with E-state index >= 15 is 0 Å². The van der Waals surface area contributed by atoms with Crippen LogP contribution in [-0.4, -0.2) is 17.4 Å². The van der Waals surface area contributed by atoms with Gasteiger partial charge < -0.3 is 5.32 Å². The maximum Gasteiger partial charge on any atom is 0.231 e. The van der Waals surface area contributed by atoms with Gasteiger partial charge in [0.1, 0.15) is 6.17 Å². The molecule has 1 saturated heterocycles. The van der Waals surface area contributed by atoms with Gasteiger partial charge in [-0.2, -0.15) is 0 Å². The molecule has 2 aliphatic heterocycles. The topological polar surface area (TPSA) is 41.1 Å². The highest BCUT2D eigenvalue weighted by molar-refractivity contribution is 8.04. The second kappa shape index (κ2) is 6.17. The van der Waals surface area contributed by atoms with Crippen molar-refractivity contribution in [3.8, 4) is 0 Å². The molecule has 4 heteroatoms. The molecular weight excluding hydrogens is 304 g/mol. The van der Waals surface area contributed by atoms with Gasteiger partial charge in [-0.05, 0) is 54.2 Å². The molecule has 1 fully saturated rings. The second-order valence-electron chi connectivity index (χ2n) is 6.58. The monoisotopic (exact) mass is 326 g/mol. The van der Waals surface area contributed by atoms with E-state index in [0.29, 0.717) is 0 Å². The summed E-state index contributed by atoms with van der Waals surface area (Å²) in [6.45, 7) is 2.08. The minimum Gasteiger partial charge on any atom is -0.336 e. The second-order valence-corrected chi connectivity index (χ2v) is 7.82. The van der Waals surface area contributed by atoms with Crippen molar-refractivity contribution < 1.29 is 4.79 Å². The van der Waals surface area contributed by atoms with Gasteiger partial charge in [-0.25, -0.2) is 0 Å². The van der Waals surface area contributed by atoms with Crippen LogP contribution >= 0.6 is 11.8 Å². The van der Waals surface area contributed by atoms with E-state index < -0.39 is 0 Å². The number of thioether (sulfide) groups is 1. The van der Waals surface area contributed by atoms with E-state index in [1.807, 2.05) is 30.0 Å². The first-order valence-electron chi connectivity index (χ1n) is 8.40. The number of rotatable bonds is 2. The van der Waals surface area contributed by atoms with Gasteiger partial charge in [0.2, 0.25) is 5.91 Å². The Kier molecular flexibility index (Phi) is 4.04. The quantitative estimate of drug-likeness (QED) is 0.871. The van der Waals surface area contributed by atoms with Gasteiger partial charge in [0.05, 0.1) is 11.3 Å². The molecule has 23 heavy (non-hydrogen) atoms. The van der Waals surface area contributed by atoms with E-state index in [1.165, 1.54) is 28.9 Å². The molecule has 0 aromatic heterocycles. The van der Waals surface area contributed by atoms with Crippen LogP contribution in [0, 0.1) is 5.92 Å². The third-order valence-electron chi connectivity index (χ3n) is 4.95. The molecule has 3 unspecified atom stereocenters. The molecule has 3 atom stereocenters. The highest BCUT2D eigenvalue weighted by Crippen LogP contribution is 2.49. The van der Waals surface area contributed by atoms with Gasteiger partial charge in [-0.1, -0.05) is 36.4 Å². The molecule has 0 saturated carbocycles. The first-order chi connectivity index (χ1) is 11.2. The van der Waals surface area contributed by atoms with Crippen LogP contribution in [0.25, 0.3) is 6.08 Å². The zero-order valence-electron chi connectivity index (χ0n) is 13.3. The van der Waals surface area contributed by atoms with E-state index in [-0.39, 0.29) is 23.4 Å². The number of hydrogen-bond donors (Lipinski definition) is 2. The molecule has 3 nitrogen and oxygen atoms in total. The number of hydrogen-bond acceptors (Lipinski definition) is 3. The SMILES string of the molecule is C/C(=C\c1ccccc1)C1NC(=O)C2C3=C(CCCC3)SC2N1. The number of amides is 1. The van der Waals surface area contributed by atoms with E-state index in [2.05, 4.69) is 35.8 Å². The molecule has 2 heterocycles. The van der Waals surface area contributed by atoms with Gasteiger partial charge in [-0.3, -0.25) is 10.1 Å². The molecule has 120 valence electrons. The van der Waals surface area contributed by atoms with Crippen LogP contribution in [0.2, 0.25) is 0 Å². The van der Waals surface area contributed by atoms with Crippen LogP contribution in [0.15, 0.2) is 46.4 Å². The molecule has 3 aliphatic rings. The van der Waals surface area contributed by atoms with Crippen LogP contribution in [-0.2, 0) is 4.79 Å². The van der Waals surface area contributed by atoms with Crippen LogP contribution in [0.1, 0.15) is 38.2 Å². The lowest BCUT2D eigenvalue weighted by Crippen LogP contribution is -2.59. The lowest BCUT2D eigenvalue weighted by atomic mass is 9.87. The Morgan fingerprint density at radius 3 is 2.83 bits per heavy atom. The number of allylic oxidation sites excluding steroid dienone is 1. The van der Waals surface area contributed by atoms with Gasteiger partial charge in [-0.15, -0.1) is 11.8 Å². The summed E-state index contributed by atoms with van der Waals surface area (Å²) < 4.78 is 0. The summed E-state index contributed by atoms with van der Waals surface area (Å²) in [6.07, 6.45) is 6.83. The normalized spacial score (nSPS) is 30.7. The van der Waals surface area contributed by atoms with Crippen LogP contribution in [0.4, 0.5) is 0 Å². The summed E-state index contributed by atoms with van der Waals surface area (Å²) in [6, 6.07) is 10.3. The molecule has 1 aromatic rings. The Morgan fingerprint density at radius 1 is 1.22 bits per heavy atom. The minimum atomic E-state index is -0.0715. The summed E-state index contributed by atoms with van der Waals surface area (Å²) in [5.41, 5.74) is 3.72. The zero-order valence-corrected chi connectivity index (χ0v) is 14.2. The Labute approximate surface area is 141 Å². The average Bonchev–Trinajstić information content (AvgIpc) is 2.94. The lowest BCUT2D eigenvalue weighted by Gasteiger charge is -2.35. The van der Waals surface area contributed by atoms with E-state index in [1.54, 1.807) is 0 Å². The fourth-order valence-electron chi connectivity index (χ4n) is 3.77. The van der Waals surface area contributed by atoms with Crippen molar-refractivity contribution in [1.29, 1.82) is 0 Å². The fraction of sp³-hybridized carbons (Fsp3) is 0.421. The van der Waals surface area contributed by atoms with Crippen molar-refractivity contribution in [3.05, 3.63) is 51.9 Å². The van der Waals surface area contributed by atoms with Crippen molar-refractivity contribution in [1.82, 2.24) is 10.6 Å². The third kappa shape index (κ3) is 2.86. The van der Waals surface area contributed by atoms with Crippen molar-refractivity contribution in [2.45, 2.75) is 44.1 Å². The molecule has 0 spiro atoms. The number of fused-ring (bicyclic) bond motifs is 2. The first-order valence-corrected chi connectivity index (χ1v) is 9.28. The number of nitrogens with one attached hydrogen (secondary N) is 2. The molecule has 4 rings (SSSR count). The van der Waals surface area contributed by atoms with Crippen molar-refractivity contribution >= 4 is 23.7 Å². The Hall–Kier alpha value is -1.52. The summed E-state index contributed by atoms with van der Waals surface area (Å²) in [7, 11) is 0. The molecule has 0 radical (unpaired) electrons. The molecule has 1 amide bonds. The van der Waals surface area contributed by atoms with Gasteiger partial charge in [0.25, 0.3) is 0 Å². The highest BCUT2D eigenvalue weighted by atomic mass is 32.2. The summed E-state index contributed by atoms with van der Waals surface area (Å²) >= 11 is 1.89. The van der Waals surface area contributed by atoms with Crippen LogP contribution < -0.4 is 10.6 Å². The summed E-state index contributed by atoms with van der Waals surface area (Å²) in [5.74, 6) is 0.232. The van der Waals surface area contributed by atoms with E-state index in [4.69, 9.17) is 0 Å². The Bertz CT molecular complexity index is 680. The molecule has 2 N–H and O–H groups in total. The summed E-state index contributed by atoms with van der Waals surface area (Å²) in [5, 5.41) is 7.02. The van der Waals surface area contributed by atoms with Gasteiger partial charge in [0.15, 0.2) is 0 Å². The third-order valence-corrected chi connectivity index (χ3v) is 6.37. The van der Waals surface area contributed by atoms with E-state index in [0.717, 1.165) is 18.4 Å². The van der Waals surface area contributed by atoms with Crippen molar-refractivity contribution in [3.63, 3.8) is 0 Å². The lowest BCUT2D eigenvalue weighted by molar-refractivity contribution is -0.126. The van der Waals surface area contributed by atoms with E-state index in [9.17, 15) is 4.79 Å².